The molecule has 0 aliphatic carbocycles. The molecule has 0 atom stereocenters. The zero-order valence-electron chi connectivity index (χ0n) is 12.7. The number of methoxy groups -OCH3 is 1. The van der Waals surface area contributed by atoms with Crippen LogP contribution in [0.15, 0.2) is 12.7 Å². The molecule has 5 heteroatoms. The Balaban J connectivity index is 2.45. The lowest BCUT2D eigenvalue weighted by Gasteiger charge is -2.05. The summed E-state index contributed by atoms with van der Waals surface area (Å²) in [6.45, 7) is 9.79. The molecular formula is C15H25N3O2. The molecule has 1 aromatic heterocycles. The van der Waals surface area contributed by atoms with Gasteiger partial charge in [-0.1, -0.05) is 6.08 Å². The second-order valence-electron chi connectivity index (χ2n) is 4.82. The van der Waals surface area contributed by atoms with Gasteiger partial charge >= 0.3 is 0 Å². The number of nitrogens with zero attached hydrogens (tertiary/aromatic N) is 2. The van der Waals surface area contributed by atoms with Crippen LogP contribution in [0.5, 0.6) is 0 Å². The minimum atomic E-state index is 0.0800. The number of allylic oxidation sites excluding steroid dienone is 1. The van der Waals surface area contributed by atoms with Crippen molar-refractivity contribution in [1.82, 2.24) is 15.1 Å². The van der Waals surface area contributed by atoms with Crippen LogP contribution in [0.25, 0.3) is 0 Å². The Morgan fingerprint density at radius 1 is 1.50 bits per heavy atom. The third-order valence-electron chi connectivity index (χ3n) is 3.28. The van der Waals surface area contributed by atoms with Gasteiger partial charge in [-0.25, -0.2) is 0 Å². The molecule has 0 aromatic carbocycles. The van der Waals surface area contributed by atoms with E-state index in [2.05, 4.69) is 17.0 Å². The van der Waals surface area contributed by atoms with Gasteiger partial charge < -0.3 is 10.1 Å². The smallest absolute Gasteiger partial charge is 0.220 e. The number of aromatic nitrogens is 2. The molecule has 0 saturated carbocycles. The summed E-state index contributed by atoms with van der Waals surface area (Å²) >= 11 is 0. The zero-order valence-corrected chi connectivity index (χ0v) is 12.7. The lowest BCUT2D eigenvalue weighted by Crippen LogP contribution is -2.25. The number of rotatable bonds is 9. The first-order chi connectivity index (χ1) is 9.60. The molecule has 0 fully saturated rings. The second kappa shape index (κ2) is 8.53. The first kappa shape index (κ1) is 16.4. The predicted molar refractivity (Wildman–Crippen MR) is 79.7 cm³/mol. The number of nitrogens with one attached hydrogen (secondary N) is 1. The van der Waals surface area contributed by atoms with E-state index in [1.165, 1.54) is 5.56 Å². The zero-order chi connectivity index (χ0) is 15.0. The van der Waals surface area contributed by atoms with Crippen molar-refractivity contribution in [2.75, 3.05) is 20.3 Å². The van der Waals surface area contributed by atoms with E-state index in [1.54, 1.807) is 7.11 Å². The first-order valence-corrected chi connectivity index (χ1v) is 6.99. The highest BCUT2D eigenvalue weighted by molar-refractivity contribution is 5.76. The average molecular weight is 279 g/mol. The lowest BCUT2D eigenvalue weighted by atomic mass is 10.1. The van der Waals surface area contributed by atoms with Gasteiger partial charge in [-0.05, 0) is 32.3 Å². The minimum Gasteiger partial charge on any atom is -0.385 e. The molecule has 0 saturated heterocycles. The SMILES string of the molecule is C=CCn1nc(C)c(CCC(=O)NCCCOC)c1C. The highest BCUT2D eigenvalue weighted by atomic mass is 16.5. The summed E-state index contributed by atoms with van der Waals surface area (Å²) in [5.41, 5.74) is 3.28. The third-order valence-corrected chi connectivity index (χ3v) is 3.28. The molecule has 1 N–H and O–H groups in total. The number of ether oxygens (including phenoxy) is 1. The van der Waals surface area contributed by atoms with Crippen molar-refractivity contribution >= 4 is 5.91 Å². The molecule has 112 valence electrons. The molecule has 1 aromatic rings. The topological polar surface area (TPSA) is 56.2 Å². The largest absolute Gasteiger partial charge is 0.385 e. The summed E-state index contributed by atoms with van der Waals surface area (Å²) in [7, 11) is 1.66. The van der Waals surface area contributed by atoms with E-state index in [0.29, 0.717) is 26.1 Å². The van der Waals surface area contributed by atoms with E-state index < -0.39 is 0 Å². The van der Waals surface area contributed by atoms with Crippen LogP contribution in [0, 0.1) is 13.8 Å². The average Bonchev–Trinajstić information content (AvgIpc) is 2.68. The number of hydrogen-bond acceptors (Lipinski definition) is 3. The van der Waals surface area contributed by atoms with Crippen LogP contribution in [-0.4, -0.2) is 35.9 Å². The van der Waals surface area contributed by atoms with Gasteiger partial charge in [-0.15, -0.1) is 6.58 Å². The number of amides is 1. The van der Waals surface area contributed by atoms with Crippen molar-refractivity contribution in [3.8, 4) is 0 Å². The summed E-state index contributed by atoms with van der Waals surface area (Å²) in [4.78, 5) is 11.7. The molecule has 1 amide bonds. The maximum atomic E-state index is 11.7. The molecule has 0 unspecified atom stereocenters. The molecule has 0 spiro atoms. The summed E-state index contributed by atoms with van der Waals surface area (Å²) in [5.74, 6) is 0.0800. The number of aryl methyl sites for hydroxylation is 1. The number of carbonyl (C=O) groups excluding carboxylic acids is 1. The Kier molecular flexibility index (Phi) is 7.01. The van der Waals surface area contributed by atoms with Crippen molar-refractivity contribution < 1.29 is 9.53 Å². The van der Waals surface area contributed by atoms with Gasteiger partial charge in [0.15, 0.2) is 0 Å². The van der Waals surface area contributed by atoms with Crippen molar-refractivity contribution in [2.45, 2.75) is 39.7 Å². The maximum absolute atomic E-state index is 11.7. The Morgan fingerprint density at radius 2 is 2.25 bits per heavy atom. The second-order valence-corrected chi connectivity index (χ2v) is 4.82. The van der Waals surface area contributed by atoms with Crippen molar-refractivity contribution in [1.29, 1.82) is 0 Å². The fraction of sp³-hybridized carbons (Fsp3) is 0.600. The van der Waals surface area contributed by atoms with Crippen molar-refractivity contribution in [3.63, 3.8) is 0 Å². The van der Waals surface area contributed by atoms with Gasteiger partial charge in [0, 0.05) is 32.4 Å². The number of hydrogen-bond donors (Lipinski definition) is 1. The predicted octanol–water partition coefficient (Wildman–Crippen LogP) is 1.77. The maximum Gasteiger partial charge on any atom is 0.220 e. The quantitative estimate of drug-likeness (QED) is 0.553. The summed E-state index contributed by atoms with van der Waals surface area (Å²) in [5, 5.41) is 7.36. The summed E-state index contributed by atoms with van der Waals surface area (Å²) in [6.07, 6.45) is 3.89. The van der Waals surface area contributed by atoms with E-state index in [0.717, 1.165) is 24.2 Å². The summed E-state index contributed by atoms with van der Waals surface area (Å²) in [6, 6.07) is 0. The minimum absolute atomic E-state index is 0.0800. The van der Waals surface area contributed by atoms with Crippen LogP contribution in [0.4, 0.5) is 0 Å². The molecule has 20 heavy (non-hydrogen) atoms. The van der Waals surface area contributed by atoms with E-state index in [1.807, 2.05) is 24.6 Å². The standard InChI is InChI=1S/C15H25N3O2/c1-5-10-18-13(3)14(12(2)17-18)7-8-15(19)16-9-6-11-20-4/h5H,1,6-11H2,2-4H3,(H,16,19). The fourth-order valence-electron chi connectivity index (χ4n) is 2.17. The Hall–Kier alpha value is -1.62. The molecule has 1 rings (SSSR count). The Bertz CT molecular complexity index is 452. The molecule has 0 aliphatic heterocycles. The van der Waals surface area contributed by atoms with Crippen molar-refractivity contribution in [2.24, 2.45) is 0 Å². The monoisotopic (exact) mass is 279 g/mol. The van der Waals surface area contributed by atoms with Crippen LogP contribution in [0.2, 0.25) is 0 Å². The highest BCUT2D eigenvalue weighted by Crippen LogP contribution is 2.15. The summed E-state index contributed by atoms with van der Waals surface area (Å²) < 4.78 is 6.86. The first-order valence-electron chi connectivity index (χ1n) is 6.99. The van der Waals surface area contributed by atoms with E-state index in [4.69, 9.17) is 4.74 Å². The van der Waals surface area contributed by atoms with Crippen LogP contribution in [-0.2, 0) is 22.5 Å². The van der Waals surface area contributed by atoms with Gasteiger partial charge in [0.1, 0.15) is 0 Å². The van der Waals surface area contributed by atoms with E-state index in [9.17, 15) is 4.79 Å². The van der Waals surface area contributed by atoms with Gasteiger partial charge in [0.25, 0.3) is 0 Å². The normalized spacial score (nSPS) is 10.6. The van der Waals surface area contributed by atoms with Crippen LogP contribution in [0.1, 0.15) is 29.8 Å². The highest BCUT2D eigenvalue weighted by Gasteiger charge is 2.12. The van der Waals surface area contributed by atoms with Gasteiger partial charge in [0.05, 0.1) is 12.2 Å². The molecule has 0 radical (unpaired) electrons. The molecule has 0 aliphatic rings. The Labute approximate surface area is 121 Å². The number of carbonyl (C=O) groups is 1. The third kappa shape index (κ3) is 4.81. The van der Waals surface area contributed by atoms with Crippen LogP contribution in [0.3, 0.4) is 0 Å². The molecule has 1 heterocycles. The molecule has 5 nitrogen and oxygen atoms in total. The Morgan fingerprint density at radius 3 is 2.90 bits per heavy atom. The van der Waals surface area contributed by atoms with Crippen LogP contribution < -0.4 is 5.32 Å². The van der Waals surface area contributed by atoms with E-state index in [-0.39, 0.29) is 5.91 Å². The van der Waals surface area contributed by atoms with E-state index >= 15 is 0 Å². The lowest BCUT2D eigenvalue weighted by molar-refractivity contribution is -0.121. The molecule has 0 bridgehead atoms. The van der Waals surface area contributed by atoms with Crippen LogP contribution >= 0.6 is 0 Å². The van der Waals surface area contributed by atoms with Gasteiger partial charge in [-0.2, -0.15) is 5.10 Å². The van der Waals surface area contributed by atoms with Gasteiger partial charge in [0.2, 0.25) is 5.91 Å². The van der Waals surface area contributed by atoms with Crippen molar-refractivity contribution in [3.05, 3.63) is 29.6 Å². The van der Waals surface area contributed by atoms with Gasteiger partial charge in [-0.3, -0.25) is 9.48 Å². The fourth-order valence-corrected chi connectivity index (χ4v) is 2.17. The molecular weight excluding hydrogens is 254 g/mol.